The second-order valence-electron chi connectivity index (χ2n) is 13.4. The van der Waals surface area contributed by atoms with Crippen molar-refractivity contribution in [2.45, 2.75) is 13.3 Å². The molecular weight excluding hydrogens is 673 g/mol. The molecule has 0 atom stereocenters. The molecular formula is C50H36N4O. The van der Waals surface area contributed by atoms with Crippen molar-refractivity contribution in [1.29, 1.82) is 0 Å². The van der Waals surface area contributed by atoms with Crippen LogP contribution in [0.25, 0.3) is 72.3 Å². The lowest BCUT2D eigenvalue weighted by molar-refractivity contribution is -0.571. The highest BCUT2D eigenvalue weighted by Gasteiger charge is 2.20. The second kappa shape index (κ2) is 13.6. The van der Waals surface area contributed by atoms with Gasteiger partial charge in [0, 0.05) is 23.0 Å². The van der Waals surface area contributed by atoms with Gasteiger partial charge >= 0.3 is 0 Å². The molecule has 0 aliphatic heterocycles. The van der Waals surface area contributed by atoms with Crippen LogP contribution in [0.2, 0.25) is 0 Å². The first-order valence-electron chi connectivity index (χ1n) is 20.4. The fourth-order valence-electron chi connectivity index (χ4n) is 7.53. The summed E-state index contributed by atoms with van der Waals surface area (Å²) in [5.41, 5.74) is 10.3. The Bertz CT molecular complexity index is 3170. The van der Waals surface area contributed by atoms with Gasteiger partial charge in [0.1, 0.15) is 17.3 Å². The van der Waals surface area contributed by atoms with Gasteiger partial charge in [-0.25, -0.2) is 4.98 Å². The third-order valence-corrected chi connectivity index (χ3v) is 10.1. The summed E-state index contributed by atoms with van der Waals surface area (Å²) >= 11 is 0. The quantitative estimate of drug-likeness (QED) is 0.116. The highest BCUT2D eigenvalue weighted by Crippen LogP contribution is 2.37. The summed E-state index contributed by atoms with van der Waals surface area (Å²) in [6.45, 7) is 2.07. The van der Waals surface area contributed by atoms with E-state index >= 15 is 0 Å². The molecule has 10 rings (SSSR count). The van der Waals surface area contributed by atoms with Crippen molar-refractivity contribution in [2.75, 3.05) is 0 Å². The Morgan fingerprint density at radius 2 is 1.35 bits per heavy atom. The van der Waals surface area contributed by atoms with E-state index in [0.29, 0.717) is 39.1 Å². The predicted octanol–water partition coefficient (Wildman–Crippen LogP) is 11.9. The van der Waals surface area contributed by atoms with Gasteiger partial charge in [-0.05, 0) is 82.7 Å². The Hall–Kier alpha value is -7.24. The van der Waals surface area contributed by atoms with Crippen LogP contribution in [0.15, 0.2) is 188 Å². The minimum Gasteiger partial charge on any atom is -0.458 e. The van der Waals surface area contributed by atoms with Crippen molar-refractivity contribution in [3.63, 3.8) is 0 Å². The van der Waals surface area contributed by atoms with Crippen LogP contribution in [-0.4, -0.2) is 14.1 Å². The summed E-state index contributed by atoms with van der Waals surface area (Å²) in [4.78, 5) is 4.67. The van der Waals surface area contributed by atoms with E-state index in [1.165, 1.54) is 0 Å². The summed E-state index contributed by atoms with van der Waals surface area (Å²) in [6.07, 6.45) is 6.25. The van der Waals surface area contributed by atoms with E-state index in [0.717, 1.165) is 56.6 Å². The van der Waals surface area contributed by atoms with Crippen LogP contribution in [0.4, 0.5) is 0 Å². The van der Waals surface area contributed by atoms with Gasteiger partial charge in [-0.2, -0.15) is 0 Å². The van der Waals surface area contributed by atoms with E-state index < -0.39 is 0 Å². The van der Waals surface area contributed by atoms with Crippen molar-refractivity contribution < 1.29 is 14.8 Å². The standard InChI is InChI=1S/C50H36N4O/c1-2-35-29-30-51-49(31-35)54-45-24-10-9-21-43(45)44-28-27-40(33-48(44)54)55-39-20-13-19-38(32-39)52-34-53(47-26-12-11-25-46(47)52)50-41(36-15-5-3-6-16-36)22-14-23-42(50)37-17-7-4-8-18-37/h3-33H,2H2,1H3/i9D,10D,21D,24D. The number of pyridine rings is 1. The third kappa shape index (κ3) is 5.74. The first kappa shape index (κ1) is 28.3. The van der Waals surface area contributed by atoms with Gasteiger partial charge in [-0.1, -0.05) is 134 Å². The molecule has 262 valence electrons. The minimum atomic E-state index is -0.290. The average Bonchev–Trinajstić information content (AvgIpc) is 3.84. The fourth-order valence-corrected chi connectivity index (χ4v) is 7.53. The molecule has 0 saturated heterocycles. The Labute approximate surface area is 325 Å². The molecule has 55 heavy (non-hydrogen) atoms. The maximum Gasteiger partial charge on any atom is 0.269 e. The lowest BCUT2D eigenvalue weighted by Crippen LogP contribution is -2.31. The normalized spacial score (nSPS) is 12.5. The summed E-state index contributed by atoms with van der Waals surface area (Å²) in [7, 11) is 0. The Kier molecular flexibility index (Phi) is 7.01. The third-order valence-electron chi connectivity index (χ3n) is 10.1. The zero-order chi connectivity index (χ0) is 40.2. The SMILES string of the molecule is [2H]c1c([2H])c([2H])c2c(c1[2H])c1ccc(Oc3cccc(-n4[c-][n+](-c5c(-c6ccccc6)cccc5-c5ccccc5)c5ccccc54)c3)cc1n2-c1cc(CC)ccn1. The summed E-state index contributed by atoms with van der Waals surface area (Å²) < 4.78 is 47.4. The van der Waals surface area contributed by atoms with E-state index in [1.807, 2.05) is 77.4 Å². The molecule has 0 fully saturated rings. The Morgan fingerprint density at radius 3 is 2.13 bits per heavy atom. The smallest absolute Gasteiger partial charge is 0.269 e. The number of aryl methyl sites for hydroxylation is 1. The maximum absolute atomic E-state index is 8.93. The van der Waals surface area contributed by atoms with Crippen molar-refractivity contribution in [1.82, 2.24) is 14.1 Å². The summed E-state index contributed by atoms with van der Waals surface area (Å²) in [5, 5.41) is 1.12. The molecule has 0 unspecified atom stereocenters. The zero-order valence-corrected chi connectivity index (χ0v) is 30.0. The molecule has 0 aliphatic carbocycles. The van der Waals surface area contributed by atoms with Crippen LogP contribution in [0, 0.1) is 6.33 Å². The lowest BCUT2D eigenvalue weighted by Gasteiger charge is -2.17. The molecule has 5 heteroatoms. The number of ether oxygens (including phenoxy) is 1. The highest BCUT2D eigenvalue weighted by molar-refractivity contribution is 6.09. The van der Waals surface area contributed by atoms with E-state index in [-0.39, 0.29) is 24.2 Å². The summed E-state index contributed by atoms with van der Waals surface area (Å²) in [6, 6.07) is 52.3. The Balaban J connectivity index is 1.11. The number of hydrogen-bond donors (Lipinski definition) is 0. The number of hydrogen-bond acceptors (Lipinski definition) is 2. The molecule has 0 radical (unpaired) electrons. The van der Waals surface area contributed by atoms with E-state index in [4.69, 9.17) is 10.2 Å². The zero-order valence-electron chi connectivity index (χ0n) is 34.0. The molecule has 0 spiro atoms. The topological polar surface area (TPSA) is 35.9 Å². The molecule has 5 nitrogen and oxygen atoms in total. The van der Waals surface area contributed by atoms with Gasteiger partial charge in [0.25, 0.3) is 6.33 Å². The number of para-hydroxylation sites is 4. The largest absolute Gasteiger partial charge is 0.458 e. The van der Waals surface area contributed by atoms with Crippen LogP contribution in [-0.2, 0) is 6.42 Å². The minimum absolute atomic E-state index is 0.0903. The van der Waals surface area contributed by atoms with Crippen molar-refractivity contribution in [3.05, 3.63) is 200 Å². The maximum atomic E-state index is 8.93. The molecule has 0 bridgehead atoms. The molecule has 3 aromatic heterocycles. The number of fused-ring (bicyclic) bond motifs is 4. The number of rotatable bonds is 8. The molecule has 0 aliphatic rings. The number of nitrogens with zero attached hydrogens (tertiary/aromatic N) is 4. The molecule has 0 N–H and O–H groups in total. The van der Waals surface area contributed by atoms with E-state index in [2.05, 4.69) is 112 Å². The number of benzene rings is 7. The number of imidazole rings is 1. The first-order chi connectivity index (χ1) is 28.9. The lowest BCUT2D eigenvalue weighted by atomic mass is 9.95. The summed E-state index contributed by atoms with van der Waals surface area (Å²) in [5.74, 6) is 1.72. The molecule has 0 saturated carbocycles. The van der Waals surface area contributed by atoms with Crippen LogP contribution in [0.3, 0.4) is 0 Å². The first-order valence-corrected chi connectivity index (χ1v) is 18.4. The van der Waals surface area contributed by atoms with E-state index in [9.17, 15) is 0 Å². The van der Waals surface area contributed by atoms with Crippen LogP contribution < -0.4 is 9.30 Å². The van der Waals surface area contributed by atoms with Gasteiger partial charge in [-0.3, -0.25) is 13.7 Å². The number of aromatic nitrogens is 4. The molecule has 0 amide bonds. The second-order valence-corrected chi connectivity index (χ2v) is 13.4. The van der Waals surface area contributed by atoms with E-state index in [1.54, 1.807) is 6.20 Å². The highest BCUT2D eigenvalue weighted by atomic mass is 16.5. The van der Waals surface area contributed by atoms with Crippen LogP contribution in [0.1, 0.15) is 18.0 Å². The molecule has 10 aromatic rings. The van der Waals surface area contributed by atoms with Gasteiger partial charge in [-0.15, -0.1) is 0 Å². The monoisotopic (exact) mass is 712 g/mol. The van der Waals surface area contributed by atoms with Crippen molar-refractivity contribution in [2.24, 2.45) is 0 Å². The van der Waals surface area contributed by atoms with Gasteiger partial charge in [0.2, 0.25) is 0 Å². The van der Waals surface area contributed by atoms with Gasteiger partial charge < -0.3 is 4.74 Å². The fraction of sp³-hybridized carbons (Fsp3) is 0.0400. The molecule has 7 aromatic carbocycles. The Morgan fingerprint density at radius 1 is 0.636 bits per heavy atom. The van der Waals surface area contributed by atoms with Gasteiger partial charge in [0.05, 0.1) is 38.9 Å². The van der Waals surface area contributed by atoms with Crippen molar-refractivity contribution >= 4 is 32.8 Å². The molecule has 3 heterocycles. The van der Waals surface area contributed by atoms with Crippen molar-refractivity contribution in [3.8, 4) is 50.9 Å². The average molecular weight is 713 g/mol. The van der Waals surface area contributed by atoms with Crippen LogP contribution >= 0.6 is 0 Å². The van der Waals surface area contributed by atoms with Crippen LogP contribution in [0.5, 0.6) is 11.5 Å². The van der Waals surface area contributed by atoms with Gasteiger partial charge in [0.15, 0.2) is 0 Å². The predicted molar refractivity (Wildman–Crippen MR) is 223 cm³/mol.